The molecule has 0 spiro atoms. The predicted molar refractivity (Wildman–Crippen MR) is 136 cm³/mol. The van der Waals surface area contributed by atoms with E-state index in [1.807, 2.05) is 37.3 Å². The zero-order valence-corrected chi connectivity index (χ0v) is 20.9. The number of methoxy groups -OCH3 is 1. The second kappa shape index (κ2) is 11.7. The first-order valence-corrected chi connectivity index (χ1v) is 12.4. The average Bonchev–Trinajstić information content (AvgIpc) is 3.55. The van der Waals surface area contributed by atoms with Crippen molar-refractivity contribution in [2.24, 2.45) is 0 Å². The van der Waals surface area contributed by atoms with E-state index in [9.17, 15) is 14.4 Å². The number of amides is 3. The minimum atomic E-state index is -0.978. The van der Waals surface area contributed by atoms with Gasteiger partial charge in [0.1, 0.15) is 29.4 Å². The molecule has 2 N–H and O–H groups in total. The van der Waals surface area contributed by atoms with Crippen LogP contribution in [0.1, 0.15) is 35.0 Å². The van der Waals surface area contributed by atoms with Gasteiger partial charge in [-0.25, -0.2) is 9.78 Å². The number of hydrogen-bond donors (Lipinski definition) is 2. The van der Waals surface area contributed by atoms with Crippen molar-refractivity contribution in [2.45, 2.75) is 38.5 Å². The summed E-state index contributed by atoms with van der Waals surface area (Å²) in [7, 11) is 1.55. The van der Waals surface area contributed by atoms with Gasteiger partial charge in [-0.1, -0.05) is 42.5 Å². The van der Waals surface area contributed by atoms with E-state index in [0.29, 0.717) is 35.7 Å². The standard InChI is InChI=1S/C26H28N4O5S/c1-17-27-15-22(36-17)28-25(32)23(19-10-12-20(34-2)13-11-19)29-24(31)21-9-6-14-30(21)26(33)35-16-18-7-4-3-5-8-18/h3-5,7-8,10-13,15,21,23H,6,9,14,16H2,1-2H3,(H,28,32)(H,29,31)/t21-,23?/m0/s1. The summed E-state index contributed by atoms with van der Waals surface area (Å²) in [5.74, 6) is -0.195. The highest BCUT2D eigenvalue weighted by molar-refractivity contribution is 7.15. The van der Waals surface area contributed by atoms with Gasteiger partial charge < -0.3 is 20.1 Å². The lowest BCUT2D eigenvalue weighted by atomic mass is 10.0. The first-order chi connectivity index (χ1) is 17.4. The van der Waals surface area contributed by atoms with E-state index in [-0.39, 0.29) is 6.61 Å². The number of anilines is 1. The Labute approximate surface area is 213 Å². The van der Waals surface area contributed by atoms with Crippen LogP contribution in [-0.2, 0) is 20.9 Å². The zero-order valence-electron chi connectivity index (χ0n) is 20.1. The van der Waals surface area contributed by atoms with Gasteiger partial charge in [-0.05, 0) is 43.0 Å². The Balaban J connectivity index is 1.47. The predicted octanol–water partition coefficient (Wildman–Crippen LogP) is 4.06. The van der Waals surface area contributed by atoms with Crippen LogP contribution in [0.4, 0.5) is 9.80 Å². The molecule has 0 saturated carbocycles. The molecule has 4 rings (SSSR count). The number of nitrogens with one attached hydrogen (secondary N) is 2. The molecular formula is C26H28N4O5S. The highest BCUT2D eigenvalue weighted by Crippen LogP contribution is 2.25. The summed E-state index contributed by atoms with van der Waals surface area (Å²) in [6.07, 6.45) is 2.17. The molecule has 3 amide bonds. The van der Waals surface area contributed by atoms with E-state index < -0.39 is 30.0 Å². The first-order valence-electron chi connectivity index (χ1n) is 11.6. The molecule has 188 valence electrons. The van der Waals surface area contributed by atoms with Gasteiger partial charge in [-0.3, -0.25) is 14.5 Å². The van der Waals surface area contributed by atoms with E-state index in [2.05, 4.69) is 15.6 Å². The number of aromatic nitrogens is 1. The van der Waals surface area contributed by atoms with Crippen molar-refractivity contribution in [3.05, 3.63) is 76.9 Å². The molecule has 9 nitrogen and oxygen atoms in total. The fourth-order valence-corrected chi connectivity index (χ4v) is 4.69. The number of ether oxygens (including phenoxy) is 2. The lowest BCUT2D eigenvalue weighted by Gasteiger charge is -2.26. The molecule has 0 bridgehead atoms. The molecule has 2 aromatic carbocycles. The maximum Gasteiger partial charge on any atom is 0.410 e. The summed E-state index contributed by atoms with van der Waals surface area (Å²) in [5.41, 5.74) is 1.44. The summed E-state index contributed by atoms with van der Waals surface area (Å²) >= 11 is 1.34. The van der Waals surface area contributed by atoms with Crippen LogP contribution in [0.15, 0.2) is 60.8 Å². The van der Waals surface area contributed by atoms with Crippen molar-refractivity contribution in [3.63, 3.8) is 0 Å². The number of carbonyl (C=O) groups is 3. The van der Waals surface area contributed by atoms with Gasteiger partial charge in [0.15, 0.2) is 0 Å². The van der Waals surface area contributed by atoms with E-state index in [0.717, 1.165) is 10.6 Å². The van der Waals surface area contributed by atoms with Crippen molar-refractivity contribution in [1.82, 2.24) is 15.2 Å². The number of thiazole rings is 1. The highest BCUT2D eigenvalue weighted by Gasteiger charge is 2.37. The van der Waals surface area contributed by atoms with E-state index in [1.165, 1.54) is 16.2 Å². The topological polar surface area (TPSA) is 110 Å². The second-order valence-electron chi connectivity index (χ2n) is 8.34. The Hall–Kier alpha value is -3.92. The Morgan fingerprint density at radius 2 is 1.89 bits per heavy atom. The average molecular weight is 509 g/mol. The molecule has 1 aliphatic rings. The smallest absolute Gasteiger partial charge is 0.410 e. The molecule has 1 unspecified atom stereocenters. The third-order valence-electron chi connectivity index (χ3n) is 5.86. The minimum Gasteiger partial charge on any atom is -0.497 e. The van der Waals surface area contributed by atoms with Crippen LogP contribution in [0.5, 0.6) is 5.75 Å². The minimum absolute atomic E-state index is 0.121. The Morgan fingerprint density at radius 3 is 2.56 bits per heavy atom. The van der Waals surface area contributed by atoms with E-state index >= 15 is 0 Å². The van der Waals surface area contributed by atoms with Crippen molar-refractivity contribution >= 4 is 34.2 Å². The van der Waals surface area contributed by atoms with Crippen LogP contribution in [0, 0.1) is 6.92 Å². The summed E-state index contributed by atoms with van der Waals surface area (Å²) in [6.45, 7) is 2.37. The van der Waals surface area contributed by atoms with Gasteiger partial charge in [0.25, 0.3) is 5.91 Å². The van der Waals surface area contributed by atoms with Crippen molar-refractivity contribution < 1.29 is 23.9 Å². The number of nitrogens with zero attached hydrogens (tertiary/aromatic N) is 2. The number of likely N-dealkylation sites (tertiary alicyclic amines) is 1. The lowest BCUT2D eigenvalue weighted by Crippen LogP contribution is -2.48. The van der Waals surface area contributed by atoms with E-state index in [4.69, 9.17) is 9.47 Å². The number of carbonyl (C=O) groups excluding carboxylic acids is 3. The van der Waals surface area contributed by atoms with Gasteiger partial charge in [0.05, 0.1) is 18.3 Å². The molecular weight excluding hydrogens is 480 g/mol. The molecule has 2 atom stereocenters. The molecule has 0 radical (unpaired) electrons. The van der Waals surface area contributed by atoms with Crippen LogP contribution < -0.4 is 15.4 Å². The molecule has 1 aromatic heterocycles. The quantitative estimate of drug-likeness (QED) is 0.475. The third kappa shape index (κ3) is 6.19. The highest BCUT2D eigenvalue weighted by atomic mass is 32.1. The van der Waals surface area contributed by atoms with Gasteiger partial charge in [0.2, 0.25) is 5.91 Å². The SMILES string of the molecule is COc1ccc(C(NC(=O)[C@@H]2CCCN2C(=O)OCc2ccccc2)C(=O)Nc2cnc(C)s2)cc1. The zero-order chi connectivity index (χ0) is 25.5. The first kappa shape index (κ1) is 25.2. The molecule has 1 aliphatic heterocycles. The molecule has 2 heterocycles. The summed E-state index contributed by atoms with van der Waals surface area (Å²) in [6, 6.07) is 14.5. The number of benzene rings is 2. The second-order valence-corrected chi connectivity index (χ2v) is 9.57. The van der Waals surface area contributed by atoms with Gasteiger partial charge in [-0.2, -0.15) is 0 Å². The van der Waals surface area contributed by atoms with Crippen LogP contribution in [0.3, 0.4) is 0 Å². The van der Waals surface area contributed by atoms with Crippen LogP contribution in [-0.4, -0.2) is 47.5 Å². The van der Waals surface area contributed by atoms with Gasteiger partial charge >= 0.3 is 6.09 Å². The van der Waals surface area contributed by atoms with Crippen LogP contribution in [0.2, 0.25) is 0 Å². The van der Waals surface area contributed by atoms with Crippen LogP contribution in [0.25, 0.3) is 0 Å². The molecule has 36 heavy (non-hydrogen) atoms. The lowest BCUT2D eigenvalue weighted by molar-refractivity contribution is -0.129. The Bertz CT molecular complexity index is 1200. The number of aryl methyl sites for hydroxylation is 1. The number of rotatable bonds is 8. The van der Waals surface area contributed by atoms with Gasteiger partial charge in [0, 0.05) is 6.54 Å². The largest absolute Gasteiger partial charge is 0.497 e. The molecule has 1 fully saturated rings. The normalized spacial score (nSPS) is 15.7. The van der Waals surface area contributed by atoms with Crippen LogP contribution >= 0.6 is 11.3 Å². The molecule has 3 aromatic rings. The van der Waals surface area contributed by atoms with Crippen molar-refractivity contribution in [1.29, 1.82) is 0 Å². The molecule has 1 saturated heterocycles. The maximum absolute atomic E-state index is 13.3. The van der Waals surface area contributed by atoms with Crippen molar-refractivity contribution in [3.8, 4) is 5.75 Å². The third-order valence-corrected chi connectivity index (χ3v) is 6.69. The Kier molecular flexibility index (Phi) is 8.17. The molecule has 0 aliphatic carbocycles. The fraction of sp³-hybridized carbons (Fsp3) is 0.308. The number of hydrogen-bond acceptors (Lipinski definition) is 7. The summed E-state index contributed by atoms with van der Waals surface area (Å²) in [5, 5.41) is 7.06. The van der Waals surface area contributed by atoms with E-state index in [1.54, 1.807) is 37.6 Å². The summed E-state index contributed by atoms with van der Waals surface area (Å²) < 4.78 is 10.7. The molecule has 10 heteroatoms. The Morgan fingerprint density at radius 1 is 1.14 bits per heavy atom. The van der Waals surface area contributed by atoms with Gasteiger partial charge in [-0.15, -0.1) is 11.3 Å². The fourth-order valence-electron chi connectivity index (χ4n) is 4.01. The maximum atomic E-state index is 13.3. The monoisotopic (exact) mass is 508 g/mol. The van der Waals surface area contributed by atoms with Crippen molar-refractivity contribution in [2.75, 3.05) is 19.0 Å². The summed E-state index contributed by atoms with van der Waals surface area (Å²) in [4.78, 5) is 44.9.